The van der Waals surface area contributed by atoms with Crippen molar-refractivity contribution in [3.8, 4) is 0 Å². The van der Waals surface area contributed by atoms with Crippen LogP contribution in [-0.2, 0) is 13.0 Å². The number of aromatic nitrogens is 2. The fraction of sp³-hybridized carbons (Fsp3) is 0.429. The molecule has 0 aliphatic carbocycles. The number of nitrogens with zero attached hydrogens (tertiary/aromatic N) is 2. The molecule has 0 fully saturated rings. The third-order valence-corrected chi connectivity index (χ3v) is 3.79. The van der Waals surface area contributed by atoms with E-state index in [1.165, 1.54) is 10.6 Å². The molecule has 0 aromatic carbocycles. The summed E-state index contributed by atoms with van der Waals surface area (Å²) in [5.74, 6) is 0.474. The highest BCUT2D eigenvalue weighted by Crippen LogP contribution is 2.26. The largest absolute Gasteiger partial charge is 0.315 e. The second-order valence-corrected chi connectivity index (χ2v) is 5.77. The molecule has 0 bridgehead atoms. The van der Waals surface area contributed by atoms with E-state index in [0.717, 1.165) is 23.7 Å². The Morgan fingerprint density at radius 3 is 2.78 bits per heavy atom. The molecule has 0 saturated heterocycles. The minimum Gasteiger partial charge on any atom is -0.315 e. The smallest absolute Gasteiger partial charge is 0.0991 e. The first-order valence-corrected chi connectivity index (χ1v) is 7.05. The standard InChI is InChI=1S/C14H19N3S/c1-10(2)14-12(9-15-3)18-13(17-14)8-11-6-4-5-7-16-11/h4-7,10,15H,8-9H2,1-3H3. The zero-order chi connectivity index (χ0) is 13.0. The van der Waals surface area contributed by atoms with Crippen molar-refractivity contribution in [3.63, 3.8) is 0 Å². The Kier molecular flexibility index (Phi) is 4.44. The molecule has 18 heavy (non-hydrogen) atoms. The molecule has 0 saturated carbocycles. The van der Waals surface area contributed by atoms with Crippen LogP contribution in [0.25, 0.3) is 0 Å². The Morgan fingerprint density at radius 1 is 1.33 bits per heavy atom. The van der Waals surface area contributed by atoms with Crippen molar-refractivity contribution in [2.24, 2.45) is 0 Å². The van der Waals surface area contributed by atoms with Crippen molar-refractivity contribution in [1.29, 1.82) is 0 Å². The van der Waals surface area contributed by atoms with Crippen LogP contribution in [0.3, 0.4) is 0 Å². The zero-order valence-corrected chi connectivity index (χ0v) is 11.9. The van der Waals surface area contributed by atoms with Crippen LogP contribution in [0, 0.1) is 0 Å². The van der Waals surface area contributed by atoms with E-state index in [1.807, 2.05) is 31.4 Å². The normalized spacial score (nSPS) is 11.1. The molecule has 96 valence electrons. The van der Waals surface area contributed by atoms with Gasteiger partial charge in [-0.2, -0.15) is 0 Å². The molecular weight excluding hydrogens is 242 g/mol. The Hall–Kier alpha value is -1.26. The molecule has 0 aliphatic heterocycles. The molecular formula is C14H19N3S. The fourth-order valence-corrected chi connectivity index (χ4v) is 3.14. The molecule has 0 unspecified atom stereocenters. The van der Waals surface area contributed by atoms with E-state index in [9.17, 15) is 0 Å². The van der Waals surface area contributed by atoms with Crippen molar-refractivity contribution in [1.82, 2.24) is 15.3 Å². The summed E-state index contributed by atoms with van der Waals surface area (Å²) in [5.41, 5.74) is 2.30. The molecule has 0 radical (unpaired) electrons. The van der Waals surface area contributed by atoms with E-state index in [4.69, 9.17) is 4.98 Å². The van der Waals surface area contributed by atoms with Gasteiger partial charge in [-0.3, -0.25) is 4.98 Å². The quantitative estimate of drug-likeness (QED) is 0.899. The van der Waals surface area contributed by atoms with Crippen molar-refractivity contribution in [2.75, 3.05) is 7.05 Å². The maximum Gasteiger partial charge on any atom is 0.0991 e. The number of pyridine rings is 1. The lowest BCUT2D eigenvalue weighted by atomic mass is 10.1. The molecule has 0 amide bonds. The lowest BCUT2D eigenvalue weighted by Gasteiger charge is -2.03. The minimum atomic E-state index is 0.474. The summed E-state index contributed by atoms with van der Waals surface area (Å²) in [6.45, 7) is 5.28. The number of nitrogens with one attached hydrogen (secondary N) is 1. The molecule has 1 N–H and O–H groups in total. The highest BCUT2D eigenvalue weighted by Gasteiger charge is 2.13. The average molecular weight is 261 g/mol. The van der Waals surface area contributed by atoms with Gasteiger partial charge in [-0.05, 0) is 25.1 Å². The van der Waals surface area contributed by atoms with Gasteiger partial charge in [0.25, 0.3) is 0 Å². The van der Waals surface area contributed by atoms with E-state index in [0.29, 0.717) is 5.92 Å². The average Bonchev–Trinajstić information content (AvgIpc) is 2.74. The third-order valence-electron chi connectivity index (χ3n) is 2.71. The van der Waals surface area contributed by atoms with Crippen molar-refractivity contribution in [2.45, 2.75) is 32.7 Å². The zero-order valence-electron chi connectivity index (χ0n) is 11.1. The monoisotopic (exact) mass is 261 g/mol. The van der Waals surface area contributed by atoms with Crippen molar-refractivity contribution in [3.05, 3.63) is 45.7 Å². The topological polar surface area (TPSA) is 37.8 Å². The molecule has 2 heterocycles. The molecule has 3 nitrogen and oxygen atoms in total. The van der Waals surface area contributed by atoms with Crippen molar-refractivity contribution < 1.29 is 0 Å². The number of hydrogen-bond acceptors (Lipinski definition) is 4. The van der Waals surface area contributed by atoms with Gasteiger partial charge in [-0.25, -0.2) is 4.98 Å². The van der Waals surface area contributed by atoms with Crippen molar-refractivity contribution >= 4 is 11.3 Å². The summed E-state index contributed by atoms with van der Waals surface area (Å²) in [6.07, 6.45) is 2.66. The lowest BCUT2D eigenvalue weighted by molar-refractivity contribution is 0.767. The summed E-state index contributed by atoms with van der Waals surface area (Å²) >= 11 is 1.79. The summed E-state index contributed by atoms with van der Waals surface area (Å²) in [5, 5.41) is 4.37. The van der Waals surface area contributed by atoms with Crippen LogP contribution in [-0.4, -0.2) is 17.0 Å². The first kappa shape index (κ1) is 13.2. The van der Waals surface area contributed by atoms with Crippen LogP contribution in [0.2, 0.25) is 0 Å². The summed E-state index contributed by atoms with van der Waals surface area (Å²) in [6, 6.07) is 6.01. The molecule has 2 rings (SSSR count). The van der Waals surface area contributed by atoms with E-state index in [1.54, 1.807) is 11.3 Å². The third kappa shape index (κ3) is 3.15. The first-order valence-electron chi connectivity index (χ1n) is 6.23. The first-order chi connectivity index (χ1) is 8.70. The number of thiazole rings is 1. The Morgan fingerprint density at radius 2 is 2.17 bits per heavy atom. The van der Waals surface area contributed by atoms with Crippen LogP contribution in [0.5, 0.6) is 0 Å². The number of hydrogen-bond donors (Lipinski definition) is 1. The second kappa shape index (κ2) is 6.07. The highest BCUT2D eigenvalue weighted by molar-refractivity contribution is 7.11. The van der Waals surface area contributed by atoms with Crippen LogP contribution in [0.4, 0.5) is 0 Å². The van der Waals surface area contributed by atoms with Crippen LogP contribution < -0.4 is 5.32 Å². The molecule has 0 aliphatic rings. The van der Waals surface area contributed by atoms with E-state index in [-0.39, 0.29) is 0 Å². The Labute approximate surface area is 112 Å². The molecule has 2 aromatic heterocycles. The minimum absolute atomic E-state index is 0.474. The van der Waals surface area contributed by atoms with Gasteiger partial charge in [-0.15, -0.1) is 11.3 Å². The van der Waals surface area contributed by atoms with Gasteiger partial charge in [0.05, 0.1) is 10.7 Å². The predicted octanol–water partition coefficient (Wildman–Crippen LogP) is 2.97. The Bertz CT molecular complexity index is 491. The summed E-state index contributed by atoms with van der Waals surface area (Å²) < 4.78 is 0. The Balaban J connectivity index is 2.21. The highest BCUT2D eigenvalue weighted by atomic mass is 32.1. The molecule has 0 atom stereocenters. The molecule has 0 spiro atoms. The van der Waals surface area contributed by atoms with Gasteiger partial charge in [0.2, 0.25) is 0 Å². The molecule has 2 aromatic rings. The second-order valence-electron chi connectivity index (χ2n) is 4.60. The maximum atomic E-state index is 4.76. The lowest BCUT2D eigenvalue weighted by Crippen LogP contribution is -2.06. The van der Waals surface area contributed by atoms with Gasteiger partial charge < -0.3 is 5.32 Å². The number of rotatable bonds is 5. The van der Waals surface area contributed by atoms with E-state index >= 15 is 0 Å². The van der Waals surface area contributed by atoms with Gasteiger partial charge >= 0.3 is 0 Å². The van der Waals surface area contributed by atoms with Gasteiger partial charge in [0.15, 0.2) is 0 Å². The maximum absolute atomic E-state index is 4.76. The van der Waals surface area contributed by atoms with E-state index < -0.39 is 0 Å². The molecule has 4 heteroatoms. The van der Waals surface area contributed by atoms with E-state index in [2.05, 4.69) is 24.1 Å². The van der Waals surface area contributed by atoms with Gasteiger partial charge in [-0.1, -0.05) is 19.9 Å². The van der Waals surface area contributed by atoms with Crippen LogP contribution >= 0.6 is 11.3 Å². The SMILES string of the molecule is CNCc1sc(Cc2ccccn2)nc1C(C)C. The van der Waals surface area contributed by atoms with Gasteiger partial charge in [0.1, 0.15) is 0 Å². The predicted molar refractivity (Wildman–Crippen MR) is 76.0 cm³/mol. The summed E-state index contributed by atoms with van der Waals surface area (Å²) in [4.78, 5) is 10.5. The van der Waals surface area contributed by atoms with Crippen LogP contribution in [0.1, 0.15) is 41.0 Å². The van der Waals surface area contributed by atoms with Crippen LogP contribution in [0.15, 0.2) is 24.4 Å². The fourth-order valence-electron chi connectivity index (χ4n) is 1.89. The summed E-state index contributed by atoms with van der Waals surface area (Å²) in [7, 11) is 1.97. The van der Waals surface area contributed by atoms with Gasteiger partial charge in [0, 0.05) is 29.7 Å².